The van der Waals surface area contributed by atoms with Crippen molar-refractivity contribution >= 4 is 23.4 Å². The van der Waals surface area contributed by atoms with Crippen LogP contribution >= 0.6 is 11.8 Å². The molecule has 0 aliphatic heterocycles. The monoisotopic (exact) mass is 398 g/mol. The summed E-state index contributed by atoms with van der Waals surface area (Å²) in [5.74, 6) is 2.01. The topological polar surface area (TPSA) is 89.1 Å². The quantitative estimate of drug-likeness (QED) is 0.588. The van der Waals surface area contributed by atoms with Gasteiger partial charge in [-0.25, -0.2) is 4.98 Å². The zero-order chi connectivity index (χ0) is 20.1. The van der Waals surface area contributed by atoms with Crippen LogP contribution in [0.4, 0.5) is 5.69 Å². The molecule has 0 unspecified atom stereocenters. The van der Waals surface area contributed by atoms with Gasteiger partial charge in [-0.15, -0.1) is 5.10 Å². The summed E-state index contributed by atoms with van der Waals surface area (Å²) in [5.41, 5.74) is 3.79. The molecular weight excluding hydrogens is 376 g/mol. The summed E-state index contributed by atoms with van der Waals surface area (Å²) < 4.78 is 10.6. The number of aromatic amines is 1. The predicted molar refractivity (Wildman–Crippen MR) is 110 cm³/mol. The Morgan fingerprint density at radius 3 is 2.46 bits per heavy atom. The number of rotatable bonds is 7. The highest BCUT2D eigenvalue weighted by Gasteiger charge is 2.12. The van der Waals surface area contributed by atoms with Crippen molar-refractivity contribution in [1.29, 1.82) is 0 Å². The number of hydrogen-bond donors (Lipinski definition) is 2. The van der Waals surface area contributed by atoms with Gasteiger partial charge in [-0.2, -0.15) is 0 Å². The molecule has 146 valence electrons. The fourth-order valence-electron chi connectivity index (χ4n) is 2.65. The van der Waals surface area contributed by atoms with E-state index in [-0.39, 0.29) is 11.7 Å². The zero-order valence-electron chi connectivity index (χ0n) is 16.2. The molecule has 1 aromatic heterocycles. The molecule has 0 spiro atoms. The Kier molecular flexibility index (Phi) is 6.20. The third-order valence-electron chi connectivity index (χ3n) is 4.08. The largest absolute Gasteiger partial charge is 0.497 e. The van der Waals surface area contributed by atoms with Crippen LogP contribution < -0.4 is 14.8 Å². The first kappa shape index (κ1) is 19.8. The van der Waals surface area contributed by atoms with Gasteiger partial charge in [0.25, 0.3) is 0 Å². The van der Waals surface area contributed by atoms with E-state index >= 15 is 0 Å². The smallest absolute Gasteiger partial charge is 0.234 e. The van der Waals surface area contributed by atoms with Crippen molar-refractivity contribution in [2.75, 3.05) is 25.3 Å². The summed E-state index contributed by atoms with van der Waals surface area (Å²) >= 11 is 1.26. The lowest BCUT2D eigenvalue weighted by Gasteiger charge is -2.08. The SMILES string of the molecule is COc1cc(OC)cc(-c2nc(SCC(=O)Nc3ccc(C)cc3C)n[nH]2)c1. The summed E-state index contributed by atoms with van der Waals surface area (Å²) in [6.07, 6.45) is 0. The van der Waals surface area contributed by atoms with Crippen molar-refractivity contribution in [3.63, 3.8) is 0 Å². The minimum absolute atomic E-state index is 0.105. The van der Waals surface area contributed by atoms with Gasteiger partial charge in [-0.3, -0.25) is 9.89 Å². The number of anilines is 1. The molecule has 7 nitrogen and oxygen atoms in total. The van der Waals surface area contributed by atoms with E-state index in [2.05, 4.69) is 20.5 Å². The summed E-state index contributed by atoms with van der Waals surface area (Å²) in [6.45, 7) is 3.99. The van der Waals surface area contributed by atoms with Crippen LogP contribution in [-0.4, -0.2) is 41.1 Å². The number of carbonyl (C=O) groups is 1. The molecule has 3 rings (SSSR count). The molecule has 0 aliphatic carbocycles. The summed E-state index contributed by atoms with van der Waals surface area (Å²) in [6, 6.07) is 11.4. The number of ether oxygens (including phenoxy) is 2. The second-order valence-electron chi connectivity index (χ2n) is 6.22. The Balaban J connectivity index is 1.64. The van der Waals surface area contributed by atoms with E-state index in [0.29, 0.717) is 22.5 Å². The van der Waals surface area contributed by atoms with Gasteiger partial charge >= 0.3 is 0 Å². The van der Waals surface area contributed by atoms with E-state index < -0.39 is 0 Å². The van der Waals surface area contributed by atoms with Gasteiger partial charge in [0.15, 0.2) is 5.82 Å². The zero-order valence-corrected chi connectivity index (χ0v) is 17.0. The Hall–Kier alpha value is -3.00. The van der Waals surface area contributed by atoms with Crippen LogP contribution in [0.25, 0.3) is 11.4 Å². The molecule has 1 heterocycles. The van der Waals surface area contributed by atoms with Crippen LogP contribution in [0.5, 0.6) is 11.5 Å². The molecule has 28 heavy (non-hydrogen) atoms. The lowest BCUT2D eigenvalue weighted by molar-refractivity contribution is -0.113. The lowest BCUT2D eigenvalue weighted by atomic mass is 10.1. The summed E-state index contributed by atoms with van der Waals surface area (Å²) in [4.78, 5) is 16.7. The molecule has 0 saturated carbocycles. The standard InChI is InChI=1S/C20H22N4O3S/c1-12-5-6-17(13(2)7-12)21-18(25)11-28-20-22-19(23-24-20)14-8-15(26-3)10-16(9-14)27-4/h5-10H,11H2,1-4H3,(H,21,25)(H,22,23,24). The van der Waals surface area contributed by atoms with Gasteiger partial charge in [0.1, 0.15) is 11.5 Å². The van der Waals surface area contributed by atoms with E-state index in [1.807, 2.05) is 44.2 Å². The van der Waals surface area contributed by atoms with Crippen molar-refractivity contribution in [2.24, 2.45) is 0 Å². The van der Waals surface area contributed by atoms with Crippen LogP contribution in [0.1, 0.15) is 11.1 Å². The van der Waals surface area contributed by atoms with Crippen LogP contribution in [0.15, 0.2) is 41.6 Å². The van der Waals surface area contributed by atoms with Gasteiger partial charge in [0.2, 0.25) is 11.1 Å². The number of benzene rings is 2. The number of nitrogens with zero attached hydrogens (tertiary/aromatic N) is 2. The predicted octanol–water partition coefficient (Wildman–Crippen LogP) is 3.84. The van der Waals surface area contributed by atoms with E-state index in [0.717, 1.165) is 22.4 Å². The van der Waals surface area contributed by atoms with E-state index in [4.69, 9.17) is 9.47 Å². The molecule has 8 heteroatoms. The van der Waals surface area contributed by atoms with Crippen molar-refractivity contribution in [1.82, 2.24) is 15.2 Å². The minimum atomic E-state index is -0.105. The molecule has 0 fully saturated rings. The van der Waals surface area contributed by atoms with Crippen LogP contribution in [0.3, 0.4) is 0 Å². The minimum Gasteiger partial charge on any atom is -0.497 e. The highest BCUT2D eigenvalue weighted by Crippen LogP contribution is 2.28. The van der Waals surface area contributed by atoms with Crippen molar-refractivity contribution < 1.29 is 14.3 Å². The number of aromatic nitrogens is 3. The first-order chi connectivity index (χ1) is 13.5. The fourth-order valence-corrected chi connectivity index (χ4v) is 3.25. The van der Waals surface area contributed by atoms with Gasteiger partial charge in [-0.1, -0.05) is 29.5 Å². The molecule has 1 amide bonds. The maximum absolute atomic E-state index is 12.2. The third kappa shape index (κ3) is 4.83. The summed E-state index contributed by atoms with van der Waals surface area (Å²) in [5, 5.41) is 10.5. The highest BCUT2D eigenvalue weighted by molar-refractivity contribution is 7.99. The van der Waals surface area contributed by atoms with Gasteiger partial charge in [0.05, 0.1) is 20.0 Å². The maximum atomic E-state index is 12.2. The number of amides is 1. The number of H-pyrrole nitrogens is 1. The highest BCUT2D eigenvalue weighted by atomic mass is 32.2. The molecule has 0 aliphatic rings. The number of thioether (sulfide) groups is 1. The second-order valence-corrected chi connectivity index (χ2v) is 7.17. The fraction of sp³-hybridized carbons (Fsp3) is 0.250. The first-order valence-corrected chi connectivity index (χ1v) is 9.63. The molecule has 0 bridgehead atoms. The van der Waals surface area contributed by atoms with Crippen LogP contribution in [-0.2, 0) is 4.79 Å². The second kappa shape index (κ2) is 8.79. The molecule has 0 atom stereocenters. The number of carbonyl (C=O) groups excluding carboxylic acids is 1. The van der Waals surface area contributed by atoms with Gasteiger partial charge in [0, 0.05) is 17.3 Å². The van der Waals surface area contributed by atoms with Crippen molar-refractivity contribution in [3.8, 4) is 22.9 Å². The number of aryl methyl sites for hydroxylation is 2. The van der Waals surface area contributed by atoms with Gasteiger partial charge < -0.3 is 14.8 Å². The molecular formula is C20H22N4O3S. The average molecular weight is 398 g/mol. The van der Waals surface area contributed by atoms with Crippen LogP contribution in [0.2, 0.25) is 0 Å². The van der Waals surface area contributed by atoms with Gasteiger partial charge in [-0.05, 0) is 37.6 Å². The average Bonchev–Trinajstić information content (AvgIpc) is 3.17. The Morgan fingerprint density at radius 1 is 1.11 bits per heavy atom. The first-order valence-electron chi connectivity index (χ1n) is 8.64. The number of hydrogen-bond acceptors (Lipinski definition) is 6. The maximum Gasteiger partial charge on any atom is 0.234 e. The Morgan fingerprint density at radius 2 is 1.82 bits per heavy atom. The number of nitrogens with one attached hydrogen (secondary N) is 2. The molecule has 0 radical (unpaired) electrons. The molecule has 3 aromatic rings. The van der Waals surface area contributed by atoms with E-state index in [9.17, 15) is 4.79 Å². The lowest BCUT2D eigenvalue weighted by Crippen LogP contribution is -2.15. The Labute approximate surface area is 167 Å². The van der Waals surface area contributed by atoms with E-state index in [1.54, 1.807) is 20.3 Å². The third-order valence-corrected chi connectivity index (χ3v) is 4.93. The number of methoxy groups -OCH3 is 2. The van der Waals surface area contributed by atoms with Crippen LogP contribution in [0, 0.1) is 13.8 Å². The van der Waals surface area contributed by atoms with E-state index in [1.165, 1.54) is 11.8 Å². The molecule has 2 N–H and O–H groups in total. The molecule has 0 saturated heterocycles. The van der Waals surface area contributed by atoms with Crippen molar-refractivity contribution in [3.05, 3.63) is 47.5 Å². The van der Waals surface area contributed by atoms with Crippen molar-refractivity contribution in [2.45, 2.75) is 19.0 Å². The molecule has 2 aromatic carbocycles. The normalized spacial score (nSPS) is 10.6. The Bertz CT molecular complexity index is 965. The summed E-state index contributed by atoms with van der Waals surface area (Å²) in [7, 11) is 3.18.